The average Bonchev–Trinajstić information content (AvgIpc) is 3.15. The lowest BCUT2D eigenvalue weighted by Crippen LogP contribution is -2.19. The molecule has 146 valence electrons. The van der Waals surface area contributed by atoms with Gasteiger partial charge in [0.2, 0.25) is 5.78 Å². The summed E-state index contributed by atoms with van der Waals surface area (Å²) < 4.78 is 21.4. The summed E-state index contributed by atoms with van der Waals surface area (Å²) in [5.74, 6) is 0.293. The normalized spacial score (nSPS) is 10.9. The topological polar surface area (TPSA) is 68.5 Å². The lowest BCUT2D eigenvalue weighted by atomic mass is 10.1. The predicted octanol–water partition coefficient (Wildman–Crippen LogP) is 4.05. The van der Waals surface area contributed by atoms with E-state index in [1.807, 2.05) is 34.9 Å². The van der Waals surface area contributed by atoms with Gasteiger partial charge in [-0.05, 0) is 42.0 Å². The second-order valence-electron chi connectivity index (χ2n) is 6.16. The number of fused-ring (bicyclic) bond motifs is 1. The van der Waals surface area contributed by atoms with Crippen molar-refractivity contribution in [1.82, 2.24) is 19.7 Å². The van der Waals surface area contributed by atoms with Crippen molar-refractivity contribution in [2.45, 2.75) is 9.92 Å². The SMILES string of the molecule is CNC(=O)c1ccc(-c2cnc3ncc(Sc4ccc(OC)cc4)n3c2)cc1F. The maximum atomic E-state index is 14.3. The summed E-state index contributed by atoms with van der Waals surface area (Å²) in [6, 6.07) is 12.2. The average molecular weight is 408 g/mol. The fourth-order valence-corrected chi connectivity index (χ4v) is 3.71. The largest absolute Gasteiger partial charge is 0.497 e. The van der Waals surface area contributed by atoms with Crippen molar-refractivity contribution in [2.75, 3.05) is 14.2 Å². The minimum atomic E-state index is -0.583. The van der Waals surface area contributed by atoms with E-state index in [2.05, 4.69) is 15.3 Å². The number of carbonyl (C=O) groups is 1. The van der Waals surface area contributed by atoms with Crippen molar-refractivity contribution in [1.29, 1.82) is 0 Å². The molecule has 0 atom stereocenters. The predicted molar refractivity (Wildman–Crippen MR) is 109 cm³/mol. The third kappa shape index (κ3) is 3.79. The highest BCUT2D eigenvalue weighted by Crippen LogP contribution is 2.30. The summed E-state index contributed by atoms with van der Waals surface area (Å²) in [4.78, 5) is 21.4. The first-order valence-electron chi connectivity index (χ1n) is 8.76. The second kappa shape index (κ2) is 7.92. The second-order valence-corrected chi connectivity index (χ2v) is 7.25. The first-order chi connectivity index (χ1) is 14.1. The van der Waals surface area contributed by atoms with Gasteiger partial charge in [-0.1, -0.05) is 17.8 Å². The molecule has 1 N–H and O–H groups in total. The molecule has 0 radical (unpaired) electrons. The molecule has 2 aromatic carbocycles. The number of aromatic nitrogens is 3. The third-order valence-electron chi connectivity index (χ3n) is 4.39. The Balaban J connectivity index is 1.68. The van der Waals surface area contributed by atoms with E-state index < -0.39 is 11.7 Å². The van der Waals surface area contributed by atoms with Gasteiger partial charge in [-0.2, -0.15) is 0 Å². The number of nitrogens with zero attached hydrogens (tertiary/aromatic N) is 3. The molecule has 4 aromatic rings. The van der Waals surface area contributed by atoms with Gasteiger partial charge in [0.05, 0.1) is 18.9 Å². The van der Waals surface area contributed by atoms with Crippen molar-refractivity contribution in [3.63, 3.8) is 0 Å². The van der Waals surface area contributed by atoms with Crippen molar-refractivity contribution < 1.29 is 13.9 Å². The zero-order valence-electron chi connectivity index (χ0n) is 15.7. The molecule has 2 heterocycles. The fourth-order valence-electron chi connectivity index (χ4n) is 2.86. The maximum absolute atomic E-state index is 14.3. The van der Waals surface area contributed by atoms with Crippen molar-refractivity contribution in [3.8, 4) is 16.9 Å². The highest BCUT2D eigenvalue weighted by Gasteiger charge is 2.13. The Morgan fingerprint density at radius 2 is 1.86 bits per heavy atom. The Labute approximate surface area is 170 Å². The smallest absolute Gasteiger partial charge is 0.253 e. The van der Waals surface area contributed by atoms with Crippen LogP contribution in [0.25, 0.3) is 16.9 Å². The molecule has 0 spiro atoms. The number of nitrogens with one attached hydrogen (secondary N) is 1. The molecule has 0 aliphatic heterocycles. The van der Waals surface area contributed by atoms with Crippen molar-refractivity contribution in [2.24, 2.45) is 0 Å². The van der Waals surface area contributed by atoms with Gasteiger partial charge < -0.3 is 10.1 Å². The standard InChI is InChI=1S/C21H17FN4O2S/c1-23-20(27)17-8-3-13(9-18(17)22)14-10-24-21-25-11-19(26(21)12-14)29-16-6-4-15(28-2)5-7-16/h3-12H,1-2H3,(H,23,27). The molecule has 0 fully saturated rings. The first kappa shape index (κ1) is 18.9. The molecule has 0 aliphatic rings. The number of hydrogen-bond acceptors (Lipinski definition) is 5. The van der Waals surface area contributed by atoms with E-state index in [0.29, 0.717) is 11.3 Å². The van der Waals surface area contributed by atoms with Gasteiger partial charge in [0.1, 0.15) is 16.6 Å². The molecule has 0 saturated heterocycles. The Morgan fingerprint density at radius 1 is 1.10 bits per heavy atom. The Kier molecular flexibility index (Phi) is 5.18. The van der Waals surface area contributed by atoms with Gasteiger partial charge in [-0.3, -0.25) is 9.20 Å². The van der Waals surface area contributed by atoms with Crippen LogP contribution in [-0.4, -0.2) is 34.4 Å². The monoisotopic (exact) mass is 408 g/mol. The number of carbonyl (C=O) groups excluding carboxylic acids is 1. The molecule has 1 amide bonds. The zero-order chi connectivity index (χ0) is 20.4. The van der Waals surface area contributed by atoms with Gasteiger partial charge >= 0.3 is 0 Å². The van der Waals surface area contributed by atoms with Gasteiger partial charge in [0.15, 0.2) is 0 Å². The molecule has 4 rings (SSSR count). The van der Waals surface area contributed by atoms with E-state index in [-0.39, 0.29) is 5.56 Å². The molecular weight excluding hydrogens is 391 g/mol. The fraction of sp³-hybridized carbons (Fsp3) is 0.0952. The van der Waals surface area contributed by atoms with E-state index in [1.165, 1.54) is 30.9 Å². The summed E-state index contributed by atoms with van der Waals surface area (Å²) in [5.41, 5.74) is 1.34. The number of rotatable bonds is 5. The first-order valence-corrected chi connectivity index (χ1v) is 9.57. The van der Waals surface area contributed by atoms with Crippen LogP contribution < -0.4 is 10.1 Å². The Morgan fingerprint density at radius 3 is 2.55 bits per heavy atom. The molecular formula is C21H17FN4O2S. The summed E-state index contributed by atoms with van der Waals surface area (Å²) >= 11 is 1.54. The number of imidazole rings is 1. The van der Waals surface area contributed by atoms with Crippen LogP contribution in [-0.2, 0) is 0 Å². The molecule has 0 aliphatic carbocycles. The van der Waals surface area contributed by atoms with Gasteiger partial charge in [0, 0.05) is 29.9 Å². The van der Waals surface area contributed by atoms with Gasteiger partial charge in [-0.25, -0.2) is 14.4 Å². The van der Waals surface area contributed by atoms with Crippen LogP contribution >= 0.6 is 11.8 Å². The lowest BCUT2D eigenvalue weighted by molar-refractivity contribution is 0.0959. The molecule has 0 unspecified atom stereocenters. The van der Waals surface area contributed by atoms with Gasteiger partial charge in [0.25, 0.3) is 5.91 Å². The minimum absolute atomic E-state index is 0.00340. The lowest BCUT2D eigenvalue weighted by Gasteiger charge is -2.07. The highest BCUT2D eigenvalue weighted by molar-refractivity contribution is 7.99. The molecule has 8 heteroatoms. The summed E-state index contributed by atoms with van der Waals surface area (Å²) in [6.45, 7) is 0. The number of halogens is 1. The summed E-state index contributed by atoms with van der Waals surface area (Å²) in [6.07, 6.45) is 5.24. The van der Waals surface area contributed by atoms with E-state index in [9.17, 15) is 9.18 Å². The van der Waals surface area contributed by atoms with Crippen LogP contribution in [0.2, 0.25) is 0 Å². The number of amides is 1. The maximum Gasteiger partial charge on any atom is 0.253 e. The number of methoxy groups -OCH3 is 1. The Hall–Kier alpha value is -3.39. The number of benzene rings is 2. The van der Waals surface area contributed by atoms with E-state index in [4.69, 9.17) is 4.74 Å². The van der Waals surface area contributed by atoms with Crippen molar-refractivity contribution >= 4 is 23.4 Å². The van der Waals surface area contributed by atoms with Crippen LogP contribution in [0.4, 0.5) is 4.39 Å². The highest BCUT2D eigenvalue weighted by atomic mass is 32.2. The van der Waals surface area contributed by atoms with E-state index in [1.54, 1.807) is 25.6 Å². The van der Waals surface area contributed by atoms with Crippen LogP contribution in [0.1, 0.15) is 10.4 Å². The van der Waals surface area contributed by atoms with Crippen LogP contribution in [0, 0.1) is 5.82 Å². The quantitative estimate of drug-likeness (QED) is 0.540. The third-order valence-corrected chi connectivity index (χ3v) is 5.41. The minimum Gasteiger partial charge on any atom is -0.497 e. The number of hydrogen-bond donors (Lipinski definition) is 1. The van der Waals surface area contributed by atoms with E-state index >= 15 is 0 Å². The molecule has 29 heavy (non-hydrogen) atoms. The van der Waals surface area contributed by atoms with E-state index in [0.717, 1.165) is 21.2 Å². The molecule has 6 nitrogen and oxygen atoms in total. The Bertz CT molecular complexity index is 1190. The molecule has 0 bridgehead atoms. The molecule has 2 aromatic heterocycles. The summed E-state index contributed by atoms with van der Waals surface area (Å²) in [7, 11) is 3.10. The molecule has 0 saturated carbocycles. The van der Waals surface area contributed by atoms with Crippen molar-refractivity contribution in [3.05, 3.63) is 72.4 Å². The van der Waals surface area contributed by atoms with Gasteiger partial charge in [-0.15, -0.1) is 0 Å². The van der Waals surface area contributed by atoms with Crippen LogP contribution in [0.3, 0.4) is 0 Å². The summed E-state index contributed by atoms with van der Waals surface area (Å²) in [5, 5.41) is 3.30. The van der Waals surface area contributed by atoms with Crippen LogP contribution in [0.5, 0.6) is 5.75 Å². The number of ether oxygens (including phenoxy) is 1. The van der Waals surface area contributed by atoms with Crippen LogP contribution in [0.15, 0.2) is 71.0 Å². The zero-order valence-corrected chi connectivity index (χ0v) is 16.5.